The zero-order valence-corrected chi connectivity index (χ0v) is 20.4. The van der Waals surface area contributed by atoms with Crippen LogP contribution < -0.4 is 10.2 Å². The van der Waals surface area contributed by atoms with Gasteiger partial charge in [-0.25, -0.2) is 8.42 Å². The summed E-state index contributed by atoms with van der Waals surface area (Å²) >= 11 is 0. The molecule has 0 unspecified atom stereocenters. The maximum absolute atomic E-state index is 13.2. The Bertz CT molecular complexity index is 1200. The molecule has 33 heavy (non-hydrogen) atoms. The average molecular weight is 470 g/mol. The Kier molecular flexibility index (Phi) is 6.33. The van der Waals surface area contributed by atoms with Crippen molar-refractivity contribution < 1.29 is 18.0 Å². The van der Waals surface area contributed by atoms with Gasteiger partial charge >= 0.3 is 0 Å². The third-order valence-electron chi connectivity index (χ3n) is 6.91. The van der Waals surface area contributed by atoms with E-state index in [2.05, 4.69) is 5.32 Å². The molecule has 0 saturated heterocycles. The van der Waals surface area contributed by atoms with Gasteiger partial charge in [-0.1, -0.05) is 18.6 Å². The van der Waals surface area contributed by atoms with Crippen LogP contribution in [0.4, 0.5) is 11.4 Å². The van der Waals surface area contributed by atoms with Gasteiger partial charge in [-0.3, -0.25) is 9.59 Å². The van der Waals surface area contributed by atoms with Crippen LogP contribution in [0.3, 0.4) is 0 Å². The highest BCUT2D eigenvalue weighted by Crippen LogP contribution is 2.38. The highest BCUT2D eigenvalue weighted by atomic mass is 32.2. The van der Waals surface area contributed by atoms with Crippen molar-refractivity contribution in [3.8, 4) is 0 Å². The molecule has 1 atom stereocenters. The zero-order chi connectivity index (χ0) is 23.9. The first-order valence-corrected chi connectivity index (χ1v) is 12.8. The molecule has 2 amide bonds. The van der Waals surface area contributed by atoms with Crippen molar-refractivity contribution in [3.63, 3.8) is 0 Å². The van der Waals surface area contributed by atoms with Crippen molar-refractivity contribution in [1.29, 1.82) is 0 Å². The highest BCUT2D eigenvalue weighted by Gasteiger charge is 2.37. The van der Waals surface area contributed by atoms with Gasteiger partial charge in [0.05, 0.1) is 11.4 Å². The number of hydrogen-bond donors (Lipinski definition) is 1. The Morgan fingerprint density at radius 2 is 1.88 bits per heavy atom. The Balaban J connectivity index is 1.49. The fraction of sp³-hybridized carbons (Fsp3) is 0.440. The SMILES string of the molecule is Cc1cccc(NC(=O)CN(C)S(=O)(=O)c2ccc3c(c2)C[C@H](C)N3C(=O)C2CCC2)c1C. The molecule has 1 heterocycles. The molecular weight excluding hydrogens is 438 g/mol. The molecule has 0 aromatic heterocycles. The minimum absolute atomic E-state index is 0.00660. The number of benzene rings is 2. The van der Waals surface area contributed by atoms with Gasteiger partial charge in [0.15, 0.2) is 0 Å². The lowest BCUT2D eigenvalue weighted by Gasteiger charge is -2.32. The maximum atomic E-state index is 13.2. The molecule has 8 heteroatoms. The van der Waals surface area contributed by atoms with E-state index in [9.17, 15) is 18.0 Å². The van der Waals surface area contributed by atoms with Crippen molar-refractivity contribution in [2.45, 2.75) is 57.4 Å². The topological polar surface area (TPSA) is 86.8 Å². The number of fused-ring (bicyclic) bond motifs is 1. The van der Waals surface area contributed by atoms with E-state index in [0.29, 0.717) is 12.1 Å². The Morgan fingerprint density at radius 3 is 2.55 bits per heavy atom. The van der Waals surface area contributed by atoms with Crippen molar-refractivity contribution in [2.24, 2.45) is 5.92 Å². The van der Waals surface area contributed by atoms with Gasteiger partial charge < -0.3 is 10.2 Å². The summed E-state index contributed by atoms with van der Waals surface area (Å²) in [5, 5.41) is 2.80. The van der Waals surface area contributed by atoms with E-state index < -0.39 is 15.9 Å². The maximum Gasteiger partial charge on any atom is 0.243 e. The third kappa shape index (κ3) is 4.42. The van der Waals surface area contributed by atoms with Gasteiger partial charge in [0.25, 0.3) is 0 Å². The number of amides is 2. The monoisotopic (exact) mass is 469 g/mol. The number of likely N-dealkylation sites (N-methyl/N-ethyl adjacent to an activating group) is 1. The lowest BCUT2D eigenvalue weighted by atomic mass is 9.84. The van der Waals surface area contributed by atoms with Crippen molar-refractivity contribution in [3.05, 3.63) is 53.1 Å². The molecule has 1 N–H and O–H groups in total. The van der Waals surface area contributed by atoms with Crippen LogP contribution in [0.15, 0.2) is 41.3 Å². The van der Waals surface area contributed by atoms with Crippen LogP contribution in [0, 0.1) is 19.8 Å². The number of carbonyl (C=O) groups excluding carboxylic acids is 2. The van der Waals surface area contributed by atoms with Crippen LogP contribution in [0.5, 0.6) is 0 Å². The fourth-order valence-electron chi connectivity index (χ4n) is 4.50. The number of hydrogen-bond acceptors (Lipinski definition) is 4. The number of aryl methyl sites for hydroxylation is 1. The first-order valence-electron chi connectivity index (χ1n) is 11.4. The smallest absolute Gasteiger partial charge is 0.243 e. The minimum Gasteiger partial charge on any atom is -0.325 e. The van der Waals surface area contributed by atoms with Gasteiger partial charge in [-0.15, -0.1) is 0 Å². The molecule has 1 aliphatic heterocycles. The van der Waals surface area contributed by atoms with Crippen LogP contribution in [0.25, 0.3) is 0 Å². The van der Waals surface area contributed by atoms with E-state index in [-0.39, 0.29) is 29.3 Å². The molecule has 0 bridgehead atoms. The first-order chi connectivity index (χ1) is 15.6. The number of nitrogens with one attached hydrogen (secondary N) is 1. The molecular formula is C25H31N3O4S. The molecule has 176 valence electrons. The average Bonchev–Trinajstić information content (AvgIpc) is 3.04. The second-order valence-corrected chi connectivity index (χ2v) is 11.3. The lowest BCUT2D eigenvalue weighted by Crippen LogP contribution is -2.42. The summed E-state index contributed by atoms with van der Waals surface area (Å²) in [7, 11) is -2.46. The molecule has 4 rings (SSSR count). The standard InChI is InChI=1S/C25H31N3O4S/c1-16-7-5-10-22(18(16)3)26-24(29)15-27(4)33(31,32)21-11-12-23-20(14-21)13-17(2)28(23)25(30)19-8-6-9-19/h5,7,10-12,14,17,19H,6,8-9,13,15H2,1-4H3,(H,26,29)/t17-/m0/s1. The largest absolute Gasteiger partial charge is 0.325 e. The summed E-state index contributed by atoms with van der Waals surface area (Å²) in [6.07, 6.45) is 3.57. The van der Waals surface area contributed by atoms with Crippen LogP contribution in [0.2, 0.25) is 0 Å². The summed E-state index contributed by atoms with van der Waals surface area (Å²) < 4.78 is 27.4. The van der Waals surface area contributed by atoms with Crippen molar-refractivity contribution in [2.75, 3.05) is 23.8 Å². The molecule has 7 nitrogen and oxygen atoms in total. The number of carbonyl (C=O) groups is 2. The van der Waals surface area contributed by atoms with Crippen LogP contribution in [0.1, 0.15) is 42.9 Å². The third-order valence-corrected chi connectivity index (χ3v) is 8.71. The Morgan fingerprint density at radius 1 is 1.15 bits per heavy atom. The van der Waals surface area contributed by atoms with E-state index in [1.165, 1.54) is 13.1 Å². The van der Waals surface area contributed by atoms with Crippen molar-refractivity contribution in [1.82, 2.24) is 4.31 Å². The second kappa shape index (κ2) is 8.91. The molecule has 0 spiro atoms. The minimum atomic E-state index is -3.86. The van der Waals surface area contributed by atoms with Gasteiger partial charge in [0.1, 0.15) is 0 Å². The van der Waals surface area contributed by atoms with E-state index in [4.69, 9.17) is 0 Å². The number of rotatable bonds is 6. The zero-order valence-electron chi connectivity index (χ0n) is 19.6. The quantitative estimate of drug-likeness (QED) is 0.700. The van der Waals surface area contributed by atoms with E-state index in [1.807, 2.05) is 37.8 Å². The summed E-state index contributed by atoms with van der Waals surface area (Å²) in [4.78, 5) is 27.4. The predicted molar refractivity (Wildman–Crippen MR) is 129 cm³/mol. The summed E-state index contributed by atoms with van der Waals surface area (Å²) in [6, 6.07) is 10.5. The van der Waals surface area contributed by atoms with E-state index in [0.717, 1.165) is 45.9 Å². The molecule has 2 aliphatic rings. The van der Waals surface area contributed by atoms with Crippen LogP contribution in [-0.4, -0.2) is 44.2 Å². The Labute approximate surface area is 195 Å². The molecule has 2 aromatic rings. The van der Waals surface area contributed by atoms with Crippen LogP contribution >= 0.6 is 0 Å². The fourth-order valence-corrected chi connectivity index (χ4v) is 5.68. The van der Waals surface area contributed by atoms with E-state index in [1.54, 1.807) is 18.2 Å². The molecule has 0 radical (unpaired) electrons. The summed E-state index contributed by atoms with van der Waals surface area (Å²) in [5.41, 5.74) is 4.32. The molecule has 1 saturated carbocycles. The second-order valence-electron chi connectivity index (χ2n) is 9.24. The Hall–Kier alpha value is -2.71. The van der Waals surface area contributed by atoms with Gasteiger partial charge in [-0.05, 0) is 81.0 Å². The first kappa shape index (κ1) is 23.4. The van der Waals surface area contributed by atoms with Gasteiger partial charge in [-0.2, -0.15) is 4.31 Å². The number of sulfonamides is 1. The van der Waals surface area contributed by atoms with Crippen LogP contribution in [-0.2, 0) is 26.0 Å². The molecule has 1 aliphatic carbocycles. The highest BCUT2D eigenvalue weighted by molar-refractivity contribution is 7.89. The van der Waals surface area contributed by atoms with Gasteiger partial charge in [0, 0.05) is 30.4 Å². The summed E-state index contributed by atoms with van der Waals surface area (Å²) in [6.45, 7) is 5.57. The van der Waals surface area contributed by atoms with Gasteiger partial charge in [0.2, 0.25) is 21.8 Å². The predicted octanol–water partition coefficient (Wildman–Crippen LogP) is 3.64. The van der Waals surface area contributed by atoms with Crippen molar-refractivity contribution >= 4 is 33.2 Å². The molecule has 1 fully saturated rings. The normalized spacial score (nSPS) is 18.2. The lowest BCUT2D eigenvalue weighted by molar-refractivity contribution is -0.125. The summed E-state index contributed by atoms with van der Waals surface area (Å²) in [5.74, 6) is -0.173. The number of nitrogens with zero attached hydrogens (tertiary/aromatic N) is 2. The number of anilines is 2. The van der Waals surface area contributed by atoms with E-state index >= 15 is 0 Å². The molecule has 2 aromatic carbocycles.